The number of ether oxygens (including phenoxy) is 1. The quantitative estimate of drug-likeness (QED) is 0.730. The molecule has 1 fully saturated rings. The molecule has 27 heavy (non-hydrogen) atoms. The zero-order valence-corrected chi connectivity index (χ0v) is 16.8. The Hall–Kier alpha value is -1.97. The van der Waals surface area contributed by atoms with Gasteiger partial charge in [-0.25, -0.2) is 8.42 Å². The molecule has 0 aliphatic carbocycles. The standard InChI is InChI=1S/C18H27N3O5S/c1-4-21(5-2)27(24,25)16-8-6-15(7-9-16)17(22)19-14(3)18(23)20-10-12-26-13-11-20/h6-9,14H,4-5,10-13H2,1-3H3,(H,19,22)/t14-/m1/s1. The Bertz CT molecular complexity index is 754. The number of morpholine rings is 1. The fraction of sp³-hybridized carbons (Fsp3) is 0.556. The first kappa shape index (κ1) is 21.3. The molecule has 1 atom stereocenters. The minimum atomic E-state index is -3.57. The van der Waals surface area contributed by atoms with Crippen LogP contribution in [0.2, 0.25) is 0 Å². The summed E-state index contributed by atoms with van der Waals surface area (Å²) in [5, 5.41) is 2.67. The summed E-state index contributed by atoms with van der Waals surface area (Å²) in [6.45, 7) is 7.95. The monoisotopic (exact) mass is 397 g/mol. The summed E-state index contributed by atoms with van der Waals surface area (Å²) in [7, 11) is -3.57. The van der Waals surface area contributed by atoms with Crippen molar-refractivity contribution < 1.29 is 22.7 Å². The van der Waals surface area contributed by atoms with E-state index in [2.05, 4.69) is 5.32 Å². The van der Waals surface area contributed by atoms with Crippen molar-refractivity contribution in [3.8, 4) is 0 Å². The summed E-state index contributed by atoms with van der Waals surface area (Å²) in [5.41, 5.74) is 0.301. The highest BCUT2D eigenvalue weighted by atomic mass is 32.2. The van der Waals surface area contributed by atoms with Crippen molar-refractivity contribution in [3.63, 3.8) is 0 Å². The summed E-state index contributed by atoms with van der Waals surface area (Å²) in [6.07, 6.45) is 0. The number of hydrogen-bond donors (Lipinski definition) is 1. The number of sulfonamides is 1. The van der Waals surface area contributed by atoms with E-state index >= 15 is 0 Å². The van der Waals surface area contributed by atoms with Crippen LogP contribution in [-0.2, 0) is 19.6 Å². The van der Waals surface area contributed by atoms with Crippen molar-refractivity contribution in [2.24, 2.45) is 0 Å². The number of carbonyl (C=O) groups excluding carboxylic acids is 2. The van der Waals surface area contributed by atoms with Crippen LogP contribution >= 0.6 is 0 Å². The first-order valence-electron chi connectivity index (χ1n) is 9.08. The van der Waals surface area contributed by atoms with Crippen molar-refractivity contribution in [2.75, 3.05) is 39.4 Å². The van der Waals surface area contributed by atoms with E-state index in [-0.39, 0.29) is 10.8 Å². The maximum atomic E-state index is 12.5. The second-order valence-electron chi connectivity index (χ2n) is 6.25. The number of amides is 2. The molecule has 9 heteroatoms. The van der Waals surface area contributed by atoms with Crippen LogP contribution in [0.5, 0.6) is 0 Å². The van der Waals surface area contributed by atoms with E-state index in [0.717, 1.165) is 0 Å². The van der Waals surface area contributed by atoms with E-state index in [0.29, 0.717) is 45.0 Å². The Labute approximate surface area is 160 Å². The van der Waals surface area contributed by atoms with Gasteiger partial charge >= 0.3 is 0 Å². The van der Waals surface area contributed by atoms with E-state index in [4.69, 9.17) is 4.74 Å². The van der Waals surface area contributed by atoms with Gasteiger partial charge in [-0.2, -0.15) is 4.31 Å². The number of benzene rings is 1. The fourth-order valence-electron chi connectivity index (χ4n) is 2.89. The maximum Gasteiger partial charge on any atom is 0.251 e. The Kier molecular flexibility index (Phi) is 7.34. The molecule has 1 aliphatic rings. The molecule has 0 bridgehead atoms. The molecule has 0 unspecified atom stereocenters. The number of nitrogens with zero attached hydrogens (tertiary/aromatic N) is 2. The average molecular weight is 397 g/mol. The molecule has 8 nitrogen and oxygen atoms in total. The number of carbonyl (C=O) groups is 2. The van der Waals surface area contributed by atoms with E-state index in [1.165, 1.54) is 28.6 Å². The molecule has 1 N–H and O–H groups in total. The predicted molar refractivity (Wildman–Crippen MR) is 101 cm³/mol. The normalized spacial score (nSPS) is 16.2. The second-order valence-corrected chi connectivity index (χ2v) is 8.18. The van der Waals surface area contributed by atoms with Gasteiger partial charge in [0.05, 0.1) is 18.1 Å². The van der Waals surface area contributed by atoms with Gasteiger partial charge in [0, 0.05) is 31.7 Å². The van der Waals surface area contributed by atoms with Crippen molar-refractivity contribution in [1.82, 2.24) is 14.5 Å². The van der Waals surface area contributed by atoms with Crippen molar-refractivity contribution in [1.29, 1.82) is 0 Å². The minimum absolute atomic E-state index is 0.139. The molecule has 2 amide bonds. The van der Waals surface area contributed by atoms with Gasteiger partial charge in [-0.3, -0.25) is 9.59 Å². The van der Waals surface area contributed by atoms with E-state index < -0.39 is 22.0 Å². The largest absolute Gasteiger partial charge is 0.378 e. The topological polar surface area (TPSA) is 96.0 Å². The molecule has 0 spiro atoms. The first-order chi connectivity index (χ1) is 12.8. The van der Waals surface area contributed by atoms with Gasteiger partial charge in [0.25, 0.3) is 5.91 Å². The molecule has 1 aromatic rings. The molecular formula is C18H27N3O5S. The van der Waals surface area contributed by atoms with Gasteiger partial charge in [0.1, 0.15) is 6.04 Å². The van der Waals surface area contributed by atoms with Crippen LogP contribution < -0.4 is 5.32 Å². The lowest BCUT2D eigenvalue weighted by Gasteiger charge is -2.29. The van der Waals surface area contributed by atoms with Crippen LogP contribution in [0.15, 0.2) is 29.2 Å². The third kappa shape index (κ3) is 5.06. The van der Waals surface area contributed by atoms with Gasteiger partial charge in [-0.1, -0.05) is 13.8 Å². The molecule has 1 heterocycles. The Morgan fingerprint density at radius 3 is 2.22 bits per heavy atom. The van der Waals surface area contributed by atoms with Crippen LogP contribution in [0, 0.1) is 0 Å². The summed E-state index contributed by atoms with van der Waals surface area (Å²) >= 11 is 0. The number of hydrogen-bond acceptors (Lipinski definition) is 5. The summed E-state index contributed by atoms with van der Waals surface area (Å²) in [6, 6.07) is 5.07. The lowest BCUT2D eigenvalue weighted by atomic mass is 10.2. The molecule has 1 aliphatic heterocycles. The van der Waals surface area contributed by atoms with Crippen LogP contribution in [0.4, 0.5) is 0 Å². The Morgan fingerprint density at radius 1 is 1.15 bits per heavy atom. The fourth-order valence-corrected chi connectivity index (χ4v) is 4.35. The second kappa shape index (κ2) is 9.29. The van der Waals surface area contributed by atoms with E-state index in [1.54, 1.807) is 25.7 Å². The van der Waals surface area contributed by atoms with Gasteiger partial charge in [0.15, 0.2) is 0 Å². The predicted octanol–water partition coefficient (Wildman–Crippen LogP) is 0.694. The summed E-state index contributed by atoms with van der Waals surface area (Å²) < 4.78 is 31.5. The van der Waals surface area contributed by atoms with Crippen molar-refractivity contribution in [3.05, 3.63) is 29.8 Å². The minimum Gasteiger partial charge on any atom is -0.378 e. The van der Waals surface area contributed by atoms with Gasteiger partial charge in [0.2, 0.25) is 15.9 Å². The lowest BCUT2D eigenvalue weighted by molar-refractivity contribution is -0.136. The SMILES string of the molecule is CCN(CC)S(=O)(=O)c1ccc(C(=O)N[C@H](C)C(=O)N2CCOCC2)cc1. The van der Waals surface area contributed by atoms with E-state index in [1.807, 2.05) is 0 Å². The smallest absolute Gasteiger partial charge is 0.251 e. The highest BCUT2D eigenvalue weighted by Crippen LogP contribution is 2.16. The van der Waals surface area contributed by atoms with Crippen molar-refractivity contribution >= 4 is 21.8 Å². The van der Waals surface area contributed by atoms with Crippen LogP contribution in [0.25, 0.3) is 0 Å². The summed E-state index contributed by atoms with van der Waals surface area (Å²) in [5.74, 6) is -0.580. The molecule has 1 saturated heterocycles. The van der Waals surface area contributed by atoms with Crippen LogP contribution in [0.1, 0.15) is 31.1 Å². The summed E-state index contributed by atoms with van der Waals surface area (Å²) in [4.78, 5) is 26.5. The Balaban J connectivity index is 2.03. The first-order valence-corrected chi connectivity index (χ1v) is 10.5. The molecule has 150 valence electrons. The highest BCUT2D eigenvalue weighted by Gasteiger charge is 2.25. The molecule has 0 aromatic heterocycles. The van der Waals surface area contributed by atoms with Crippen molar-refractivity contribution in [2.45, 2.75) is 31.7 Å². The molecule has 1 aromatic carbocycles. The molecule has 0 saturated carbocycles. The van der Waals surface area contributed by atoms with Crippen LogP contribution in [-0.4, -0.2) is 74.9 Å². The third-order valence-electron chi connectivity index (χ3n) is 4.50. The zero-order chi connectivity index (χ0) is 20.0. The van der Waals surface area contributed by atoms with Crippen LogP contribution in [0.3, 0.4) is 0 Å². The van der Waals surface area contributed by atoms with Gasteiger partial charge in [-0.15, -0.1) is 0 Å². The average Bonchev–Trinajstić information content (AvgIpc) is 2.68. The molecule has 0 radical (unpaired) electrons. The van der Waals surface area contributed by atoms with E-state index in [9.17, 15) is 18.0 Å². The third-order valence-corrected chi connectivity index (χ3v) is 6.56. The van der Waals surface area contributed by atoms with Gasteiger partial charge in [-0.05, 0) is 31.2 Å². The maximum absolute atomic E-state index is 12.5. The van der Waals surface area contributed by atoms with Gasteiger partial charge < -0.3 is 15.0 Å². The zero-order valence-electron chi connectivity index (χ0n) is 16.0. The number of nitrogens with one attached hydrogen (secondary N) is 1. The lowest BCUT2D eigenvalue weighted by Crippen LogP contribution is -2.50. The molecular weight excluding hydrogens is 370 g/mol. The number of rotatable bonds is 7. The highest BCUT2D eigenvalue weighted by molar-refractivity contribution is 7.89. The molecule has 2 rings (SSSR count). The Morgan fingerprint density at radius 2 is 1.70 bits per heavy atom.